The van der Waals surface area contributed by atoms with Crippen LogP contribution in [0.5, 0.6) is 0 Å². The Hall–Kier alpha value is -2.24. The molecule has 0 aromatic heterocycles. The van der Waals surface area contributed by atoms with Crippen LogP contribution in [-0.2, 0) is 19.2 Å². The molecule has 3 amide bonds. The molecule has 11 heteroatoms. The van der Waals surface area contributed by atoms with Crippen molar-refractivity contribution in [1.29, 1.82) is 0 Å². The molecule has 0 saturated carbocycles. The third kappa shape index (κ3) is 25.6. The molecule has 10 N–H and O–H groups in total. The summed E-state index contributed by atoms with van der Waals surface area (Å²) in [5.41, 5.74) is 16.9. The fourth-order valence-electron chi connectivity index (χ4n) is 5.32. The predicted octanol–water partition coefficient (Wildman–Crippen LogP) is 4.39. The van der Waals surface area contributed by atoms with Crippen LogP contribution < -0.4 is 33.2 Å². The summed E-state index contributed by atoms with van der Waals surface area (Å²) in [4.78, 5) is 49.8. The van der Waals surface area contributed by atoms with Gasteiger partial charge in [0.25, 0.3) is 0 Å². The van der Waals surface area contributed by atoms with Crippen LogP contribution in [-0.4, -0.2) is 66.6 Å². The van der Waals surface area contributed by atoms with Gasteiger partial charge in [0.1, 0.15) is 12.1 Å². The van der Waals surface area contributed by atoms with E-state index in [9.17, 15) is 24.3 Å². The summed E-state index contributed by atoms with van der Waals surface area (Å²) in [6, 6.07) is -2.46. The van der Waals surface area contributed by atoms with Crippen LogP contribution in [0.1, 0.15) is 155 Å². The van der Waals surface area contributed by atoms with Crippen LogP contribution in [0.15, 0.2) is 0 Å². The number of aliphatic carboxylic acids is 1. The second-order valence-corrected chi connectivity index (χ2v) is 12.5. The lowest BCUT2D eigenvalue weighted by Crippen LogP contribution is -2.51. The van der Waals surface area contributed by atoms with Gasteiger partial charge in [0, 0.05) is 13.0 Å². The fraction of sp³-hybridized carbons (Fsp3) is 0.882. The van der Waals surface area contributed by atoms with Crippen molar-refractivity contribution < 1.29 is 24.3 Å². The van der Waals surface area contributed by atoms with E-state index in [0.717, 1.165) is 32.1 Å². The molecule has 0 rings (SSSR count). The maximum atomic E-state index is 13.1. The predicted molar refractivity (Wildman–Crippen MR) is 182 cm³/mol. The highest BCUT2D eigenvalue weighted by Gasteiger charge is 2.26. The number of hydrogen-bond acceptors (Lipinski definition) is 7. The highest BCUT2D eigenvalue weighted by atomic mass is 16.4. The average molecular weight is 641 g/mol. The Bertz CT molecular complexity index is 769. The van der Waals surface area contributed by atoms with E-state index in [0.29, 0.717) is 64.6 Å². The molecule has 0 aromatic rings. The van der Waals surface area contributed by atoms with Gasteiger partial charge in [-0.2, -0.15) is 0 Å². The fourth-order valence-corrected chi connectivity index (χ4v) is 5.32. The normalized spacial score (nSPS) is 13.2. The quantitative estimate of drug-likeness (QED) is 0.0524. The number of rotatable bonds is 32. The molecule has 0 radical (unpaired) electrons. The van der Waals surface area contributed by atoms with E-state index in [4.69, 9.17) is 17.2 Å². The third-order valence-electron chi connectivity index (χ3n) is 8.25. The van der Waals surface area contributed by atoms with Gasteiger partial charge in [0.2, 0.25) is 17.7 Å². The lowest BCUT2D eigenvalue weighted by molar-refractivity contribution is -0.142. The van der Waals surface area contributed by atoms with Crippen molar-refractivity contribution >= 4 is 23.7 Å². The lowest BCUT2D eigenvalue weighted by Gasteiger charge is -2.22. The molecule has 264 valence electrons. The Morgan fingerprint density at radius 2 is 1.07 bits per heavy atom. The van der Waals surface area contributed by atoms with Crippen molar-refractivity contribution in [1.82, 2.24) is 16.0 Å². The van der Waals surface area contributed by atoms with Crippen LogP contribution in [0.3, 0.4) is 0 Å². The number of carboxylic acids is 1. The zero-order valence-corrected chi connectivity index (χ0v) is 28.4. The Morgan fingerprint density at radius 1 is 0.578 bits per heavy atom. The minimum absolute atomic E-state index is 0.204. The van der Waals surface area contributed by atoms with Gasteiger partial charge < -0.3 is 38.3 Å². The topological polar surface area (TPSA) is 203 Å². The number of carbonyl (C=O) groups is 4. The summed E-state index contributed by atoms with van der Waals surface area (Å²) in [6.07, 6.45) is 21.4. The molecule has 45 heavy (non-hydrogen) atoms. The van der Waals surface area contributed by atoms with Gasteiger partial charge in [-0.15, -0.1) is 0 Å². The molecule has 0 aliphatic heterocycles. The van der Waals surface area contributed by atoms with Gasteiger partial charge in [-0.05, 0) is 70.9 Å². The lowest BCUT2D eigenvalue weighted by atomic mass is 10.0. The number of hydrogen-bond donors (Lipinski definition) is 7. The molecule has 0 unspecified atom stereocenters. The molecule has 0 aromatic carbocycles. The number of unbranched alkanes of at least 4 members (excludes halogenated alkanes) is 15. The van der Waals surface area contributed by atoms with Gasteiger partial charge >= 0.3 is 5.97 Å². The van der Waals surface area contributed by atoms with Crippen LogP contribution in [0.2, 0.25) is 0 Å². The van der Waals surface area contributed by atoms with E-state index in [2.05, 4.69) is 22.9 Å². The third-order valence-corrected chi connectivity index (χ3v) is 8.25. The maximum Gasteiger partial charge on any atom is 0.326 e. The molecule has 0 heterocycles. The van der Waals surface area contributed by atoms with Gasteiger partial charge in [-0.25, -0.2) is 4.79 Å². The second-order valence-electron chi connectivity index (χ2n) is 12.5. The first-order valence-corrected chi connectivity index (χ1v) is 18.0. The number of amides is 3. The van der Waals surface area contributed by atoms with Crippen molar-refractivity contribution in [2.45, 2.75) is 173 Å². The summed E-state index contributed by atoms with van der Waals surface area (Å²) in [5, 5.41) is 17.9. The minimum Gasteiger partial charge on any atom is -0.480 e. The SMILES string of the molecule is CCCCCCCCCCCCCCCC(=O)N[C@@H](CCCCNC(=O)[C@@H](N)CCCCN)C(=O)N[C@@H](CCCCN)C(=O)O. The Morgan fingerprint density at radius 3 is 1.60 bits per heavy atom. The summed E-state index contributed by atoms with van der Waals surface area (Å²) in [5.74, 6) is -2.03. The molecule has 0 bridgehead atoms. The Balaban J connectivity index is 4.59. The Labute approximate surface area is 273 Å². The van der Waals surface area contributed by atoms with Crippen molar-refractivity contribution in [2.24, 2.45) is 17.2 Å². The number of nitrogens with two attached hydrogens (primary N) is 3. The van der Waals surface area contributed by atoms with E-state index >= 15 is 0 Å². The molecule has 0 fully saturated rings. The smallest absolute Gasteiger partial charge is 0.326 e. The maximum absolute atomic E-state index is 13.1. The monoisotopic (exact) mass is 641 g/mol. The molecule has 3 atom stereocenters. The largest absolute Gasteiger partial charge is 0.480 e. The molecule has 11 nitrogen and oxygen atoms in total. The van der Waals surface area contributed by atoms with Gasteiger partial charge in [0.15, 0.2) is 0 Å². The second kappa shape index (κ2) is 30.4. The van der Waals surface area contributed by atoms with Crippen LogP contribution >= 0.6 is 0 Å². The standard InChI is InChI=1S/C34H68N6O5/c1-2-3-4-5-6-7-8-9-10-11-12-13-14-24-31(41)39-29(33(43)40-30(34(44)45)23-16-19-26-36)22-17-20-27-38-32(42)28(37)21-15-18-25-35/h28-30H,2-27,35-37H2,1H3,(H,38,42)(H,39,41)(H,40,43)(H,44,45)/t28-,29-,30-/m0/s1. The zero-order chi connectivity index (χ0) is 33.5. The Kier molecular flexibility index (Phi) is 28.9. The summed E-state index contributed by atoms with van der Waals surface area (Å²) in [7, 11) is 0. The first-order chi connectivity index (χ1) is 21.8. The number of carbonyl (C=O) groups excluding carboxylic acids is 3. The number of carboxylic acid groups (broad SMARTS) is 1. The van der Waals surface area contributed by atoms with Crippen molar-refractivity contribution in [3.63, 3.8) is 0 Å². The van der Waals surface area contributed by atoms with E-state index in [-0.39, 0.29) is 18.2 Å². The van der Waals surface area contributed by atoms with Crippen molar-refractivity contribution in [2.75, 3.05) is 19.6 Å². The summed E-state index contributed by atoms with van der Waals surface area (Å²) < 4.78 is 0. The molecule has 0 aliphatic carbocycles. The van der Waals surface area contributed by atoms with E-state index in [1.165, 1.54) is 64.2 Å². The first kappa shape index (κ1) is 42.8. The summed E-state index contributed by atoms with van der Waals surface area (Å²) in [6.45, 7) is 3.67. The summed E-state index contributed by atoms with van der Waals surface area (Å²) >= 11 is 0. The van der Waals surface area contributed by atoms with E-state index < -0.39 is 30.0 Å². The highest BCUT2D eigenvalue weighted by molar-refractivity contribution is 5.90. The molecular weight excluding hydrogens is 572 g/mol. The molecule has 0 saturated heterocycles. The number of nitrogens with one attached hydrogen (secondary N) is 3. The zero-order valence-electron chi connectivity index (χ0n) is 28.4. The van der Waals surface area contributed by atoms with Gasteiger partial charge in [-0.1, -0.05) is 90.4 Å². The highest BCUT2D eigenvalue weighted by Crippen LogP contribution is 2.13. The molecular formula is C34H68N6O5. The van der Waals surface area contributed by atoms with Gasteiger partial charge in [-0.3, -0.25) is 14.4 Å². The first-order valence-electron chi connectivity index (χ1n) is 18.0. The molecule has 0 aliphatic rings. The van der Waals surface area contributed by atoms with Crippen molar-refractivity contribution in [3.8, 4) is 0 Å². The van der Waals surface area contributed by atoms with Crippen LogP contribution in [0.4, 0.5) is 0 Å². The van der Waals surface area contributed by atoms with E-state index in [1.54, 1.807) is 0 Å². The van der Waals surface area contributed by atoms with Crippen LogP contribution in [0.25, 0.3) is 0 Å². The molecule has 0 spiro atoms. The van der Waals surface area contributed by atoms with Crippen LogP contribution in [0, 0.1) is 0 Å². The van der Waals surface area contributed by atoms with Gasteiger partial charge in [0.05, 0.1) is 6.04 Å². The van der Waals surface area contributed by atoms with Crippen molar-refractivity contribution in [3.05, 3.63) is 0 Å². The van der Waals surface area contributed by atoms with E-state index in [1.807, 2.05) is 0 Å². The minimum atomic E-state index is -1.11. The average Bonchev–Trinajstić information content (AvgIpc) is 3.01.